The number of ether oxygens (including phenoxy) is 1. The summed E-state index contributed by atoms with van der Waals surface area (Å²) in [6.07, 6.45) is -9.11. The van der Waals surface area contributed by atoms with Crippen LogP contribution < -0.4 is 15.1 Å². The molecule has 4 heterocycles. The van der Waals surface area contributed by atoms with Gasteiger partial charge in [0.15, 0.2) is 43.6 Å². The molecule has 0 aliphatic carbocycles. The number of imidazole rings is 1. The third kappa shape index (κ3) is 7.68. The summed E-state index contributed by atoms with van der Waals surface area (Å²) < 4.78 is 91.1. The standard InChI is InChI=1S/C17H23Cl2F3N5O11P3S2/c1-42-5-3-23-12-9-13(26-15(25-12)43-4-2-16(20,21)22)27(7-24-9)14-11(29)10(28)8(36-14)6-35-41(34)37-39(30,31)17(18,19)40(32,33)38-41/h7-8,10-11,14,28-29H,2-6H2,1H3,(H,30,31)(H,32,33)(H,23,25,26)/p-2/t8-,10?,11?,14-/m1/s1. The summed E-state index contributed by atoms with van der Waals surface area (Å²) in [4.78, 5) is 36.8. The number of phosphoric acid groups is 1. The predicted molar refractivity (Wildman–Crippen MR) is 145 cm³/mol. The third-order valence-corrected chi connectivity index (χ3v) is 16.2. The number of rotatable bonds is 11. The van der Waals surface area contributed by atoms with E-state index in [2.05, 4.69) is 28.9 Å². The summed E-state index contributed by atoms with van der Waals surface area (Å²) >= 11 is 12.8. The van der Waals surface area contributed by atoms with Gasteiger partial charge < -0.3 is 39.2 Å². The third-order valence-electron chi connectivity index (χ3n) is 5.70. The number of halogens is 5. The Balaban J connectivity index is 1.56. The maximum Gasteiger partial charge on any atom is 0.484 e. The minimum atomic E-state index is -5.80. The zero-order chi connectivity index (χ0) is 32.0. The Morgan fingerprint density at radius 2 is 1.81 bits per heavy atom. The topological polar surface area (TPSA) is 230 Å². The minimum Gasteiger partial charge on any atom is -0.776 e. The van der Waals surface area contributed by atoms with Gasteiger partial charge in [-0.1, -0.05) is 35.0 Å². The molecule has 3 N–H and O–H groups in total. The van der Waals surface area contributed by atoms with Crippen LogP contribution in [0.2, 0.25) is 0 Å². The Morgan fingerprint density at radius 1 is 1.16 bits per heavy atom. The monoisotopic (exact) mass is 755 g/mol. The summed E-state index contributed by atoms with van der Waals surface area (Å²) in [7, 11) is -17.0. The van der Waals surface area contributed by atoms with Crippen LogP contribution in [0.25, 0.3) is 11.2 Å². The number of anilines is 1. The van der Waals surface area contributed by atoms with Crippen molar-refractivity contribution in [2.75, 3.05) is 36.2 Å². The van der Waals surface area contributed by atoms with Gasteiger partial charge in [0.25, 0.3) is 0 Å². The molecular weight excluding hydrogens is 735 g/mol. The molecule has 2 aliphatic rings. The highest BCUT2D eigenvalue weighted by atomic mass is 35.5. The van der Waals surface area contributed by atoms with E-state index < -0.39 is 70.6 Å². The van der Waals surface area contributed by atoms with Crippen molar-refractivity contribution in [2.24, 2.45) is 0 Å². The highest BCUT2D eigenvalue weighted by Gasteiger charge is 2.60. The van der Waals surface area contributed by atoms with E-state index in [0.29, 0.717) is 12.3 Å². The average molecular weight is 756 g/mol. The number of aliphatic hydroxyl groups is 2. The van der Waals surface area contributed by atoms with E-state index in [1.165, 1.54) is 11.8 Å². The van der Waals surface area contributed by atoms with Crippen LogP contribution >= 0.6 is 69.7 Å². The number of nitrogens with one attached hydrogen (secondary N) is 1. The summed E-state index contributed by atoms with van der Waals surface area (Å²) in [6, 6.07) is 0. The molecule has 16 nitrogen and oxygen atoms in total. The second kappa shape index (κ2) is 13.1. The molecule has 0 amide bonds. The molecule has 2 aromatic heterocycles. The van der Waals surface area contributed by atoms with Crippen molar-refractivity contribution >= 4 is 86.7 Å². The van der Waals surface area contributed by atoms with Gasteiger partial charge in [0, 0.05) is 18.1 Å². The smallest absolute Gasteiger partial charge is 0.484 e. The molecule has 4 unspecified atom stereocenters. The van der Waals surface area contributed by atoms with Crippen molar-refractivity contribution in [3.8, 4) is 0 Å². The number of aromatic nitrogens is 4. The molecule has 4 rings (SSSR count). The maximum atomic E-state index is 12.7. The SMILES string of the molecule is CSCCNc1nc(SCCC(F)(F)F)nc2c1ncn2[C@@H]1O[C@H](COP2(=O)OP(=O)([O-])C(Cl)(Cl)P(=O)([O-])O2)C(O)C1O. The number of nitrogens with zero attached hydrogens (tertiary/aromatic N) is 4. The van der Waals surface area contributed by atoms with E-state index in [1.54, 1.807) is 0 Å². The number of hydrogen-bond donors (Lipinski definition) is 3. The maximum absolute atomic E-state index is 12.7. The van der Waals surface area contributed by atoms with Crippen LogP contribution in [0.5, 0.6) is 0 Å². The lowest BCUT2D eigenvalue weighted by molar-refractivity contribution is -0.209. The van der Waals surface area contributed by atoms with Gasteiger partial charge >= 0.3 is 14.0 Å². The number of thioether (sulfide) groups is 2. The van der Waals surface area contributed by atoms with Gasteiger partial charge in [-0.05, 0) is 6.26 Å². The lowest BCUT2D eigenvalue weighted by atomic mass is 10.1. The second-order valence-corrected chi connectivity index (χ2v) is 19.3. The first-order valence-corrected chi connectivity index (χ1v) is 19.3. The van der Waals surface area contributed by atoms with Crippen molar-refractivity contribution in [2.45, 2.75) is 46.1 Å². The summed E-state index contributed by atoms with van der Waals surface area (Å²) in [6.45, 7) is -0.621. The molecule has 0 saturated carbocycles. The lowest BCUT2D eigenvalue weighted by Crippen LogP contribution is -2.35. The zero-order valence-corrected chi connectivity index (χ0v) is 27.2. The van der Waals surface area contributed by atoms with Gasteiger partial charge in [-0.3, -0.25) is 9.09 Å². The average Bonchev–Trinajstić information content (AvgIpc) is 3.41. The summed E-state index contributed by atoms with van der Waals surface area (Å²) in [5, 5.41) is 24.2. The van der Waals surface area contributed by atoms with E-state index in [4.69, 9.17) is 32.5 Å². The molecule has 2 fully saturated rings. The predicted octanol–water partition coefficient (Wildman–Crippen LogP) is 2.63. The molecule has 0 bridgehead atoms. The van der Waals surface area contributed by atoms with Crippen molar-refractivity contribution in [1.82, 2.24) is 19.5 Å². The number of hydrogen-bond acceptors (Lipinski definition) is 17. The largest absolute Gasteiger partial charge is 0.776 e. The fraction of sp³-hybridized carbons (Fsp3) is 0.706. The fourth-order valence-electron chi connectivity index (χ4n) is 3.64. The van der Waals surface area contributed by atoms with Crippen LogP contribution in [-0.4, -0.2) is 88.9 Å². The Hall–Kier alpha value is -0.210. The molecule has 0 radical (unpaired) electrons. The molecule has 0 spiro atoms. The van der Waals surface area contributed by atoms with E-state index in [1.807, 2.05) is 6.26 Å². The van der Waals surface area contributed by atoms with Gasteiger partial charge in [-0.2, -0.15) is 24.9 Å². The van der Waals surface area contributed by atoms with Crippen LogP contribution in [0.15, 0.2) is 11.5 Å². The Kier molecular flexibility index (Phi) is 10.9. The first kappa shape index (κ1) is 35.6. The Bertz CT molecular complexity index is 1460. The van der Waals surface area contributed by atoms with Crippen LogP contribution in [0.3, 0.4) is 0 Å². The van der Waals surface area contributed by atoms with Crippen molar-refractivity contribution < 1.29 is 64.7 Å². The molecule has 2 aliphatic heterocycles. The van der Waals surface area contributed by atoms with Crippen LogP contribution in [0, 0.1) is 0 Å². The Labute approximate surface area is 259 Å². The van der Waals surface area contributed by atoms with Gasteiger partial charge in [0.2, 0.25) is 3.82 Å². The zero-order valence-electron chi connectivity index (χ0n) is 21.3. The van der Waals surface area contributed by atoms with E-state index in [9.17, 15) is 46.9 Å². The van der Waals surface area contributed by atoms with Gasteiger partial charge in [0.05, 0.1) is 19.4 Å². The van der Waals surface area contributed by atoms with Crippen LogP contribution in [-0.2, 0) is 31.6 Å². The normalized spacial score (nSPS) is 34.6. The summed E-state index contributed by atoms with van der Waals surface area (Å²) in [5.41, 5.74) is 0.156. The lowest BCUT2D eigenvalue weighted by Gasteiger charge is -2.47. The van der Waals surface area contributed by atoms with Crippen molar-refractivity contribution in [1.29, 1.82) is 0 Å². The van der Waals surface area contributed by atoms with Crippen molar-refractivity contribution in [3.63, 3.8) is 0 Å². The van der Waals surface area contributed by atoms with E-state index >= 15 is 0 Å². The molecular formula is C17H21Cl2F3N5O11P3S2-2. The molecule has 0 aromatic carbocycles. The fourth-order valence-corrected chi connectivity index (χ4v) is 11.7. The summed E-state index contributed by atoms with van der Waals surface area (Å²) in [5.74, 6) is 0.446. The van der Waals surface area contributed by atoms with Crippen molar-refractivity contribution in [3.05, 3.63) is 6.33 Å². The van der Waals surface area contributed by atoms with Crippen LogP contribution in [0.4, 0.5) is 19.0 Å². The highest BCUT2D eigenvalue weighted by Crippen LogP contribution is 2.87. The number of alkyl halides is 5. The first-order valence-electron chi connectivity index (χ1n) is 11.7. The quantitative estimate of drug-likeness (QED) is 0.0984. The Morgan fingerprint density at radius 3 is 2.42 bits per heavy atom. The number of aliphatic hydroxyl groups excluding tert-OH is 2. The highest BCUT2D eigenvalue weighted by molar-refractivity contribution is 7.99. The molecule has 6 atom stereocenters. The molecule has 43 heavy (non-hydrogen) atoms. The first-order chi connectivity index (χ1) is 19.8. The van der Waals surface area contributed by atoms with Gasteiger partial charge in [0.1, 0.15) is 18.3 Å². The molecule has 244 valence electrons. The number of fused-ring (bicyclic) bond motifs is 1. The molecule has 2 aromatic rings. The van der Waals surface area contributed by atoms with Gasteiger partial charge in [-0.25, -0.2) is 28.1 Å². The van der Waals surface area contributed by atoms with Gasteiger partial charge in [-0.15, -0.1) is 0 Å². The molecule has 26 heteroatoms. The second-order valence-electron chi connectivity index (χ2n) is 8.77. The van der Waals surface area contributed by atoms with E-state index in [-0.39, 0.29) is 27.9 Å². The minimum absolute atomic E-state index is 0.000808. The van der Waals surface area contributed by atoms with E-state index in [0.717, 1.165) is 22.7 Å². The molecule has 2 saturated heterocycles. The van der Waals surface area contributed by atoms with Crippen LogP contribution in [0.1, 0.15) is 12.6 Å².